The van der Waals surface area contributed by atoms with Crippen LogP contribution in [0.25, 0.3) is 0 Å². The van der Waals surface area contributed by atoms with Crippen molar-refractivity contribution in [2.75, 3.05) is 39.9 Å². The van der Waals surface area contributed by atoms with Crippen LogP contribution in [0, 0.1) is 11.3 Å². The highest BCUT2D eigenvalue weighted by molar-refractivity contribution is 4.99. The first-order chi connectivity index (χ1) is 8.31. The van der Waals surface area contributed by atoms with Crippen molar-refractivity contribution in [3.8, 4) is 0 Å². The predicted octanol–water partition coefficient (Wildman–Crippen LogP) is 1.49. The normalized spacial score (nSPS) is 33.4. The van der Waals surface area contributed by atoms with Crippen molar-refractivity contribution in [3.63, 3.8) is 0 Å². The summed E-state index contributed by atoms with van der Waals surface area (Å²) in [6.45, 7) is 6.04. The zero-order valence-electron chi connectivity index (χ0n) is 11.1. The molecule has 0 radical (unpaired) electrons. The molecule has 0 aromatic rings. The Morgan fingerprint density at radius 1 is 1.29 bits per heavy atom. The third-order valence-electron chi connectivity index (χ3n) is 4.94. The van der Waals surface area contributed by atoms with Crippen LogP contribution >= 0.6 is 0 Å². The molecule has 1 aliphatic carbocycles. The highest BCUT2D eigenvalue weighted by Crippen LogP contribution is 2.43. The van der Waals surface area contributed by atoms with Crippen LogP contribution in [0.4, 0.5) is 0 Å². The van der Waals surface area contributed by atoms with Gasteiger partial charge in [-0.25, -0.2) is 0 Å². The highest BCUT2D eigenvalue weighted by atomic mass is 16.5. The van der Waals surface area contributed by atoms with Crippen molar-refractivity contribution >= 4 is 0 Å². The molecular weight excluding hydrogens is 212 g/mol. The number of hydrogen-bond acceptors (Lipinski definition) is 3. The maximum Gasteiger partial charge on any atom is 0.0618 e. The van der Waals surface area contributed by atoms with E-state index < -0.39 is 0 Å². The Kier molecular flexibility index (Phi) is 3.42. The maximum absolute atomic E-state index is 5.43. The quantitative estimate of drug-likeness (QED) is 0.803. The van der Waals surface area contributed by atoms with Crippen molar-refractivity contribution in [2.24, 2.45) is 11.3 Å². The Hall–Kier alpha value is -0.120. The molecular formula is C14H26N2O. The number of methoxy groups -OCH3 is 1. The van der Waals surface area contributed by atoms with Crippen LogP contribution < -0.4 is 5.32 Å². The van der Waals surface area contributed by atoms with Crippen molar-refractivity contribution in [3.05, 3.63) is 0 Å². The molecule has 2 aliphatic heterocycles. The summed E-state index contributed by atoms with van der Waals surface area (Å²) in [5, 5.41) is 3.50. The summed E-state index contributed by atoms with van der Waals surface area (Å²) >= 11 is 0. The lowest BCUT2D eigenvalue weighted by Crippen LogP contribution is -2.39. The van der Waals surface area contributed by atoms with Gasteiger partial charge in [-0.1, -0.05) is 0 Å². The predicted molar refractivity (Wildman–Crippen MR) is 69.1 cm³/mol. The third-order valence-corrected chi connectivity index (χ3v) is 4.94. The Bertz CT molecular complexity index is 259. The molecule has 1 spiro atoms. The Morgan fingerprint density at radius 3 is 2.71 bits per heavy atom. The molecule has 0 amide bonds. The smallest absolute Gasteiger partial charge is 0.0618 e. The van der Waals surface area contributed by atoms with E-state index in [-0.39, 0.29) is 0 Å². The summed E-state index contributed by atoms with van der Waals surface area (Å²) in [6.07, 6.45) is 7.04. The first kappa shape index (κ1) is 11.9. The number of hydrogen-bond donors (Lipinski definition) is 1. The average molecular weight is 238 g/mol. The number of nitrogens with zero attached hydrogens (tertiary/aromatic N) is 1. The fraction of sp³-hybridized carbons (Fsp3) is 1.00. The molecule has 2 saturated heterocycles. The third kappa shape index (κ3) is 2.67. The monoisotopic (exact) mass is 238 g/mol. The minimum atomic E-state index is 0.614. The van der Waals surface area contributed by atoms with Gasteiger partial charge in [0.25, 0.3) is 0 Å². The van der Waals surface area contributed by atoms with Gasteiger partial charge in [0.05, 0.1) is 6.61 Å². The van der Waals surface area contributed by atoms with Crippen molar-refractivity contribution in [2.45, 2.75) is 38.1 Å². The summed E-state index contributed by atoms with van der Waals surface area (Å²) in [4.78, 5) is 2.74. The number of likely N-dealkylation sites (tertiary alicyclic amines) is 1. The molecule has 17 heavy (non-hydrogen) atoms. The topological polar surface area (TPSA) is 24.5 Å². The Labute approximate surface area is 105 Å². The molecule has 1 N–H and O–H groups in total. The van der Waals surface area contributed by atoms with Gasteiger partial charge in [-0.15, -0.1) is 0 Å². The zero-order chi connectivity index (χ0) is 11.7. The van der Waals surface area contributed by atoms with Crippen LogP contribution in [0.2, 0.25) is 0 Å². The van der Waals surface area contributed by atoms with Gasteiger partial charge in [-0.3, -0.25) is 4.90 Å². The summed E-state index contributed by atoms with van der Waals surface area (Å²) in [5.41, 5.74) is 0.614. The van der Waals surface area contributed by atoms with E-state index in [1.54, 1.807) is 0 Å². The fourth-order valence-electron chi connectivity index (χ4n) is 3.78. The van der Waals surface area contributed by atoms with E-state index in [1.807, 2.05) is 7.11 Å². The molecule has 0 aromatic carbocycles. The van der Waals surface area contributed by atoms with Crippen LogP contribution in [-0.2, 0) is 4.74 Å². The second kappa shape index (κ2) is 4.87. The van der Waals surface area contributed by atoms with Crippen LogP contribution in [0.5, 0.6) is 0 Å². The lowest BCUT2D eigenvalue weighted by Gasteiger charge is -2.33. The number of piperidine rings is 1. The molecule has 1 atom stereocenters. The molecule has 0 unspecified atom stereocenters. The second-order valence-electron chi connectivity index (χ2n) is 6.44. The van der Waals surface area contributed by atoms with Crippen molar-refractivity contribution in [1.82, 2.24) is 10.2 Å². The van der Waals surface area contributed by atoms with E-state index in [0.717, 1.165) is 12.5 Å². The van der Waals surface area contributed by atoms with E-state index in [0.29, 0.717) is 11.5 Å². The van der Waals surface area contributed by atoms with Gasteiger partial charge in [0.1, 0.15) is 0 Å². The summed E-state index contributed by atoms with van der Waals surface area (Å²) in [5.74, 6) is 1.01. The van der Waals surface area contributed by atoms with Crippen molar-refractivity contribution < 1.29 is 4.74 Å². The van der Waals surface area contributed by atoms with Crippen LogP contribution in [-0.4, -0.2) is 50.8 Å². The van der Waals surface area contributed by atoms with Gasteiger partial charge >= 0.3 is 0 Å². The van der Waals surface area contributed by atoms with Crippen molar-refractivity contribution in [1.29, 1.82) is 0 Å². The summed E-state index contributed by atoms with van der Waals surface area (Å²) < 4.78 is 5.43. The fourth-order valence-corrected chi connectivity index (χ4v) is 3.78. The summed E-state index contributed by atoms with van der Waals surface area (Å²) in [7, 11) is 1.85. The highest BCUT2D eigenvalue weighted by Gasteiger charge is 2.45. The molecule has 3 heteroatoms. The van der Waals surface area contributed by atoms with Gasteiger partial charge in [-0.2, -0.15) is 0 Å². The van der Waals surface area contributed by atoms with Gasteiger partial charge < -0.3 is 10.1 Å². The molecule has 0 bridgehead atoms. The van der Waals surface area contributed by atoms with E-state index in [2.05, 4.69) is 10.2 Å². The molecule has 3 fully saturated rings. The standard InChI is InChI=1S/C14H26N2O/c1-17-10-13-8-14(4-6-15-7-5-14)11-16(13)9-12-2-3-12/h12-13,15H,2-11H2,1H3/t13-/m0/s1. The second-order valence-corrected chi connectivity index (χ2v) is 6.44. The van der Waals surface area contributed by atoms with E-state index in [4.69, 9.17) is 4.74 Å². The lowest BCUT2D eigenvalue weighted by molar-refractivity contribution is 0.113. The average Bonchev–Trinajstić information content (AvgIpc) is 3.07. The first-order valence-corrected chi connectivity index (χ1v) is 7.25. The molecule has 3 nitrogen and oxygen atoms in total. The van der Waals surface area contributed by atoms with Crippen LogP contribution in [0.1, 0.15) is 32.1 Å². The molecule has 98 valence electrons. The molecule has 0 aromatic heterocycles. The van der Waals surface area contributed by atoms with Crippen LogP contribution in [0.15, 0.2) is 0 Å². The largest absolute Gasteiger partial charge is 0.383 e. The minimum absolute atomic E-state index is 0.614. The van der Waals surface area contributed by atoms with E-state index in [9.17, 15) is 0 Å². The van der Waals surface area contributed by atoms with E-state index >= 15 is 0 Å². The molecule has 1 saturated carbocycles. The Balaban J connectivity index is 1.64. The zero-order valence-corrected chi connectivity index (χ0v) is 11.1. The van der Waals surface area contributed by atoms with Crippen LogP contribution in [0.3, 0.4) is 0 Å². The van der Waals surface area contributed by atoms with Gasteiger partial charge in [0.2, 0.25) is 0 Å². The number of ether oxygens (including phenoxy) is 1. The van der Waals surface area contributed by atoms with Gasteiger partial charge in [0.15, 0.2) is 0 Å². The SMILES string of the molecule is COC[C@@H]1CC2(CCNCC2)CN1CC1CC1. The van der Waals surface area contributed by atoms with Gasteiger partial charge in [-0.05, 0) is 56.5 Å². The molecule has 2 heterocycles. The van der Waals surface area contributed by atoms with E-state index in [1.165, 1.54) is 58.3 Å². The lowest BCUT2D eigenvalue weighted by atomic mass is 9.77. The maximum atomic E-state index is 5.43. The Morgan fingerprint density at radius 2 is 2.06 bits per heavy atom. The minimum Gasteiger partial charge on any atom is -0.383 e. The number of nitrogens with one attached hydrogen (secondary N) is 1. The molecule has 3 rings (SSSR count). The molecule has 3 aliphatic rings. The summed E-state index contributed by atoms with van der Waals surface area (Å²) in [6, 6.07) is 0.693. The number of rotatable bonds is 4. The van der Waals surface area contributed by atoms with Gasteiger partial charge in [0, 0.05) is 26.2 Å². The first-order valence-electron chi connectivity index (χ1n) is 7.25.